The molecule has 2 aromatic rings. The number of hydrogen-bond acceptors (Lipinski definition) is 8. The van der Waals surface area contributed by atoms with Gasteiger partial charge in [0, 0.05) is 36.4 Å². The minimum absolute atomic E-state index is 0.0341. The Bertz CT molecular complexity index is 888. The molecule has 0 radical (unpaired) electrons. The van der Waals surface area contributed by atoms with Gasteiger partial charge in [0.05, 0.1) is 19.0 Å². The zero-order valence-electron chi connectivity index (χ0n) is 16.7. The van der Waals surface area contributed by atoms with Crippen molar-refractivity contribution in [3.8, 4) is 0 Å². The Morgan fingerprint density at radius 2 is 2.17 bits per heavy atom. The first-order valence-corrected chi connectivity index (χ1v) is 11.3. The molecule has 160 valence electrons. The minimum atomic E-state index is -2.21. The van der Waals surface area contributed by atoms with Crippen LogP contribution in [0.15, 0.2) is 6.33 Å². The largest absolute Gasteiger partial charge is 0.760 e. The van der Waals surface area contributed by atoms with E-state index in [4.69, 9.17) is 4.98 Å². The van der Waals surface area contributed by atoms with Crippen LogP contribution in [0, 0.1) is 5.92 Å². The van der Waals surface area contributed by atoms with Crippen molar-refractivity contribution in [2.75, 3.05) is 30.3 Å². The topological polar surface area (TPSA) is 131 Å². The third-order valence-electron chi connectivity index (χ3n) is 5.89. The SMILES string of the molecule is CCC(C)n1cnc2c(NC3CCN(S(=O)[O-])C3)nc(NC(CO)C3CC3)nc21. The summed E-state index contributed by atoms with van der Waals surface area (Å²) in [5, 5.41) is 16.4. The number of rotatable bonds is 9. The predicted octanol–water partition coefficient (Wildman–Crippen LogP) is 1.26. The highest BCUT2D eigenvalue weighted by Gasteiger charge is 2.32. The lowest BCUT2D eigenvalue weighted by atomic mass is 10.2. The van der Waals surface area contributed by atoms with Crippen LogP contribution >= 0.6 is 0 Å². The van der Waals surface area contributed by atoms with Gasteiger partial charge in [0.25, 0.3) is 0 Å². The molecule has 3 N–H and O–H groups in total. The fraction of sp³-hybridized carbons (Fsp3) is 0.722. The van der Waals surface area contributed by atoms with Crippen LogP contribution in [0.4, 0.5) is 11.8 Å². The first-order valence-electron chi connectivity index (χ1n) is 10.2. The van der Waals surface area contributed by atoms with E-state index in [-0.39, 0.29) is 24.7 Å². The normalized spacial score (nSPS) is 23.2. The number of imidazole rings is 1. The second-order valence-corrected chi connectivity index (χ2v) is 8.93. The molecule has 2 fully saturated rings. The van der Waals surface area contributed by atoms with E-state index in [0.29, 0.717) is 42.7 Å². The predicted molar refractivity (Wildman–Crippen MR) is 110 cm³/mol. The molecule has 0 spiro atoms. The lowest BCUT2D eigenvalue weighted by Gasteiger charge is -2.20. The second kappa shape index (κ2) is 8.50. The highest BCUT2D eigenvalue weighted by Crippen LogP contribution is 2.34. The Hall–Kier alpha value is -1.82. The summed E-state index contributed by atoms with van der Waals surface area (Å²) >= 11 is -2.21. The summed E-state index contributed by atoms with van der Waals surface area (Å²) in [7, 11) is 0. The van der Waals surface area contributed by atoms with Crippen LogP contribution in [-0.2, 0) is 11.3 Å². The molecular weight excluding hydrogens is 394 g/mol. The number of fused-ring (bicyclic) bond motifs is 1. The molecule has 3 heterocycles. The fourth-order valence-electron chi connectivity index (χ4n) is 3.75. The van der Waals surface area contributed by atoms with E-state index in [0.717, 1.165) is 24.9 Å². The van der Waals surface area contributed by atoms with Gasteiger partial charge in [-0.05, 0) is 38.5 Å². The lowest BCUT2D eigenvalue weighted by molar-refractivity contribution is 0.263. The summed E-state index contributed by atoms with van der Waals surface area (Å²) in [5.74, 6) is 1.50. The van der Waals surface area contributed by atoms with Crippen molar-refractivity contribution in [1.82, 2.24) is 23.8 Å². The lowest BCUT2D eigenvalue weighted by Crippen LogP contribution is -2.29. The Kier molecular flexibility index (Phi) is 6.00. The van der Waals surface area contributed by atoms with Crippen molar-refractivity contribution in [3.05, 3.63) is 6.33 Å². The van der Waals surface area contributed by atoms with E-state index < -0.39 is 11.3 Å². The number of aliphatic hydroxyl groups excluding tert-OH is 1. The van der Waals surface area contributed by atoms with Crippen molar-refractivity contribution < 1.29 is 13.9 Å². The third-order valence-corrected chi connectivity index (χ3v) is 6.65. The van der Waals surface area contributed by atoms with Crippen molar-refractivity contribution >= 4 is 34.2 Å². The number of nitrogens with zero attached hydrogens (tertiary/aromatic N) is 5. The van der Waals surface area contributed by atoms with E-state index >= 15 is 0 Å². The molecule has 2 aromatic heterocycles. The molecule has 10 nitrogen and oxygen atoms in total. The second-order valence-electron chi connectivity index (χ2n) is 7.98. The average molecular weight is 423 g/mol. The van der Waals surface area contributed by atoms with Crippen LogP contribution in [-0.4, -0.2) is 69.5 Å². The average Bonchev–Trinajstić information content (AvgIpc) is 3.28. The summed E-state index contributed by atoms with van der Waals surface area (Å²) in [6.45, 7) is 5.15. The van der Waals surface area contributed by atoms with E-state index in [2.05, 4.69) is 34.4 Å². The molecule has 1 aliphatic carbocycles. The molecule has 4 rings (SSSR count). The van der Waals surface area contributed by atoms with Crippen molar-refractivity contribution in [3.63, 3.8) is 0 Å². The Labute approximate surface area is 172 Å². The van der Waals surface area contributed by atoms with Gasteiger partial charge in [0.1, 0.15) is 0 Å². The number of nitrogens with one attached hydrogen (secondary N) is 2. The first kappa shape index (κ1) is 20.5. The fourth-order valence-corrected chi connectivity index (χ4v) is 4.31. The van der Waals surface area contributed by atoms with Crippen LogP contribution in [0.2, 0.25) is 0 Å². The summed E-state index contributed by atoms with van der Waals surface area (Å²) < 4.78 is 25.9. The van der Waals surface area contributed by atoms with E-state index in [1.54, 1.807) is 6.33 Å². The first-order chi connectivity index (χ1) is 14.0. The third kappa shape index (κ3) is 4.37. The van der Waals surface area contributed by atoms with Gasteiger partial charge < -0.3 is 24.9 Å². The molecule has 4 atom stereocenters. The molecule has 1 saturated carbocycles. The quantitative estimate of drug-likeness (QED) is 0.515. The van der Waals surface area contributed by atoms with Gasteiger partial charge in [-0.1, -0.05) is 6.92 Å². The van der Waals surface area contributed by atoms with Crippen LogP contribution in [0.3, 0.4) is 0 Å². The molecule has 1 saturated heterocycles. The van der Waals surface area contributed by atoms with Crippen molar-refractivity contribution in [1.29, 1.82) is 0 Å². The molecule has 1 aliphatic heterocycles. The molecule has 4 unspecified atom stereocenters. The van der Waals surface area contributed by atoms with Gasteiger partial charge in [-0.25, -0.2) is 9.29 Å². The standard InChI is InChI=1S/C18H29N7O3S/c1-3-11(2)25-10-19-15-16(20-13-6-7-24(8-13)29(27)28)22-18(23-17(15)25)21-14(9-26)12-4-5-12/h10-14,26H,3-9H2,1-2H3,(H,27,28)(H2,20,21,22,23)/p-1. The molecule has 0 bridgehead atoms. The summed E-state index contributed by atoms with van der Waals surface area (Å²) in [4.78, 5) is 13.9. The van der Waals surface area contributed by atoms with Gasteiger partial charge >= 0.3 is 0 Å². The summed E-state index contributed by atoms with van der Waals surface area (Å²) in [5.41, 5.74) is 1.40. The Morgan fingerprint density at radius 3 is 2.79 bits per heavy atom. The zero-order chi connectivity index (χ0) is 20.5. The minimum Gasteiger partial charge on any atom is -0.760 e. The monoisotopic (exact) mass is 422 g/mol. The van der Waals surface area contributed by atoms with E-state index in [1.165, 1.54) is 4.31 Å². The maximum Gasteiger partial charge on any atom is 0.227 e. The van der Waals surface area contributed by atoms with Gasteiger partial charge in [-0.3, -0.25) is 4.21 Å². The van der Waals surface area contributed by atoms with E-state index in [9.17, 15) is 13.9 Å². The number of aromatic nitrogens is 4. The highest BCUT2D eigenvalue weighted by atomic mass is 32.2. The van der Waals surface area contributed by atoms with Crippen LogP contribution in [0.1, 0.15) is 45.6 Å². The van der Waals surface area contributed by atoms with Crippen molar-refractivity contribution in [2.45, 2.75) is 57.7 Å². The molecule has 29 heavy (non-hydrogen) atoms. The van der Waals surface area contributed by atoms with Gasteiger partial charge in [-0.2, -0.15) is 9.97 Å². The van der Waals surface area contributed by atoms with Crippen LogP contribution in [0.5, 0.6) is 0 Å². The van der Waals surface area contributed by atoms with Gasteiger partial charge in [-0.15, -0.1) is 0 Å². The number of aliphatic hydroxyl groups is 1. The highest BCUT2D eigenvalue weighted by molar-refractivity contribution is 7.76. The molecule has 0 amide bonds. The Balaban J connectivity index is 1.65. The number of hydrogen-bond donors (Lipinski definition) is 3. The number of anilines is 2. The van der Waals surface area contributed by atoms with Gasteiger partial charge in [0.15, 0.2) is 17.0 Å². The molecule has 2 aliphatic rings. The molecule has 0 aromatic carbocycles. The van der Waals surface area contributed by atoms with E-state index in [1.807, 2.05) is 4.57 Å². The summed E-state index contributed by atoms with van der Waals surface area (Å²) in [6, 6.07) is 0.132. The Morgan fingerprint density at radius 1 is 1.38 bits per heavy atom. The molecular formula is C18H28N7O3S-. The van der Waals surface area contributed by atoms with Gasteiger partial charge in [0.2, 0.25) is 5.95 Å². The van der Waals surface area contributed by atoms with Crippen molar-refractivity contribution in [2.24, 2.45) is 5.92 Å². The smallest absolute Gasteiger partial charge is 0.227 e. The summed E-state index contributed by atoms with van der Waals surface area (Å²) in [6.07, 6.45) is 5.62. The maximum atomic E-state index is 11.2. The zero-order valence-corrected chi connectivity index (χ0v) is 17.6. The van der Waals surface area contributed by atoms with Crippen LogP contribution in [0.25, 0.3) is 11.2 Å². The van der Waals surface area contributed by atoms with Crippen LogP contribution < -0.4 is 10.6 Å². The molecule has 11 heteroatoms. The maximum absolute atomic E-state index is 11.2.